The van der Waals surface area contributed by atoms with E-state index in [0.29, 0.717) is 18.6 Å². The Bertz CT molecular complexity index is 614. The van der Waals surface area contributed by atoms with Crippen LogP contribution in [0, 0.1) is 5.92 Å². The number of carboxylic acids is 1. The van der Waals surface area contributed by atoms with Gasteiger partial charge in [0, 0.05) is 17.0 Å². The Kier molecular flexibility index (Phi) is 11.6. The second-order valence-corrected chi connectivity index (χ2v) is 12.4. The summed E-state index contributed by atoms with van der Waals surface area (Å²) < 4.78 is 5.75. The van der Waals surface area contributed by atoms with E-state index in [4.69, 9.17) is 10.5 Å². The van der Waals surface area contributed by atoms with Gasteiger partial charge in [-0.15, -0.1) is 0 Å². The Morgan fingerprint density at radius 3 is 2.42 bits per heavy atom. The lowest BCUT2D eigenvalue weighted by molar-refractivity contribution is -0.160. The molecule has 0 aromatic carbocycles. The lowest BCUT2D eigenvalue weighted by atomic mass is 9.99. The van der Waals surface area contributed by atoms with E-state index in [2.05, 4.69) is 31.4 Å². The first-order valence-corrected chi connectivity index (χ1v) is 12.8. The number of nitrogens with two attached hydrogens (primary N) is 1. The highest BCUT2D eigenvalue weighted by atomic mass is 33.1. The average Bonchev–Trinajstić information content (AvgIpc) is 2.64. The van der Waals surface area contributed by atoms with Gasteiger partial charge < -0.3 is 31.3 Å². The molecule has 0 saturated carbocycles. The van der Waals surface area contributed by atoms with Crippen LogP contribution >= 0.6 is 21.6 Å². The van der Waals surface area contributed by atoms with Gasteiger partial charge in [0.1, 0.15) is 6.04 Å². The molecule has 0 aromatic rings. The molecular weight excluding hydrogens is 442 g/mol. The van der Waals surface area contributed by atoms with E-state index in [1.165, 1.54) is 0 Å². The molecule has 9 nitrogen and oxygen atoms in total. The number of rotatable bonds is 11. The number of carboxylic acid groups (broad SMARTS) is 1. The Morgan fingerprint density at radius 1 is 1.23 bits per heavy atom. The van der Waals surface area contributed by atoms with E-state index in [0.717, 1.165) is 0 Å². The molecule has 0 aliphatic carbocycles. The van der Waals surface area contributed by atoms with Crippen molar-refractivity contribution in [1.29, 1.82) is 0 Å². The van der Waals surface area contributed by atoms with Crippen LogP contribution in [0.5, 0.6) is 0 Å². The zero-order chi connectivity index (χ0) is 23.8. The van der Waals surface area contributed by atoms with Crippen molar-refractivity contribution in [2.45, 2.75) is 89.0 Å². The number of ether oxygens (including phenoxy) is 1. The van der Waals surface area contributed by atoms with Crippen LogP contribution in [0.3, 0.4) is 0 Å². The predicted molar refractivity (Wildman–Crippen MR) is 124 cm³/mol. The van der Waals surface area contributed by atoms with Crippen LogP contribution in [-0.2, 0) is 19.1 Å². The molecule has 1 heterocycles. The third-order valence-corrected chi connectivity index (χ3v) is 7.83. The standard InChI is InChI=1S/C20H37N3O6S2/c1-11(2)8-14(19(27)28)23-18(26)16-15(24)7-6-12(29-16)9-22-17(25)13(21)10-30-31-20(3,4)5/h11-16,24H,6-10,21H2,1-5H3,(H,22,25)(H,23,26)(H,27,28)/t12-,13+,14+,15+,16+/m1/s1. The summed E-state index contributed by atoms with van der Waals surface area (Å²) in [5.41, 5.74) is 5.94. The van der Waals surface area contributed by atoms with Gasteiger partial charge in [-0.05, 0) is 25.2 Å². The van der Waals surface area contributed by atoms with E-state index in [-0.39, 0.29) is 29.5 Å². The Balaban J connectivity index is 2.53. The van der Waals surface area contributed by atoms with Crippen molar-refractivity contribution in [3.8, 4) is 0 Å². The normalized spacial score (nSPS) is 23.8. The number of nitrogens with one attached hydrogen (secondary N) is 2. The van der Waals surface area contributed by atoms with E-state index >= 15 is 0 Å². The van der Waals surface area contributed by atoms with Crippen molar-refractivity contribution in [3.63, 3.8) is 0 Å². The van der Waals surface area contributed by atoms with Gasteiger partial charge in [0.05, 0.1) is 18.2 Å². The van der Waals surface area contributed by atoms with Crippen molar-refractivity contribution < 1.29 is 29.3 Å². The minimum Gasteiger partial charge on any atom is -0.480 e. The third-order valence-electron chi connectivity index (χ3n) is 4.45. The topological polar surface area (TPSA) is 151 Å². The summed E-state index contributed by atoms with van der Waals surface area (Å²) in [6, 6.07) is -1.72. The van der Waals surface area contributed by atoms with Crippen molar-refractivity contribution in [1.82, 2.24) is 10.6 Å². The van der Waals surface area contributed by atoms with Crippen molar-refractivity contribution in [2.24, 2.45) is 11.7 Å². The zero-order valence-corrected chi connectivity index (χ0v) is 20.6. The van der Waals surface area contributed by atoms with Crippen LogP contribution in [-0.4, -0.2) is 75.4 Å². The number of aliphatic carboxylic acids is 1. The summed E-state index contributed by atoms with van der Waals surface area (Å²) in [4.78, 5) is 36.1. The molecule has 1 fully saturated rings. The van der Waals surface area contributed by atoms with Gasteiger partial charge in [0.2, 0.25) is 5.91 Å². The number of carbonyl (C=O) groups excluding carboxylic acids is 2. The highest BCUT2D eigenvalue weighted by Gasteiger charge is 2.37. The zero-order valence-electron chi connectivity index (χ0n) is 18.9. The minimum absolute atomic E-state index is 0.0715. The maximum Gasteiger partial charge on any atom is 0.326 e. The van der Waals surface area contributed by atoms with Crippen LogP contribution in [0.2, 0.25) is 0 Å². The van der Waals surface area contributed by atoms with Crippen LogP contribution in [0.1, 0.15) is 53.9 Å². The van der Waals surface area contributed by atoms with Crippen LogP contribution in [0.4, 0.5) is 0 Å². The van der Waals surface area contributed by atoms with Crippen molar-refractivity contribution in [2.75, 3.05) is 12.3 Å². The average molecular weight is 480 g/mol. The fraction of sp³-hybridized carbons (Fsp3) is 0.850. The van der Waals surface area contributed by atoms with Gasteiger partial charge in [-0.1, -0.05) is 56.2 Å². The molecule has 5 atom stereocenters. The molecule has 0 unspecified atom stereocenters. The Hall–Kier alpha value is -1.01. The minimum atomic E-state index is -1.18. The van der Waals surface area contributed by atoms with E-state index in [1.807, 2.05) is 13.8 Å². The first-order valence-electron chi connectivity index (χ1n) is 10.5. The molecule has 180 valence electrons. The Labute approximate surface area is 192 Å². The number of carbonyl (C=O) groups is 3. The molecule has 1 aliphatic heterocycles. The summed E-state index contributed by atoms with van der Waals surface area (Å²) in [7, 11) is 3.20. The summed E-state index contributed by atoms with van der Waals surface area (Å²) >= 11 is 0. The van der Waals surface area contributed by atoms with Gasteiger partial charge in [0.15, 0.2) is 6.10 Å². The molecule has 6 N–H and O–H groups in total. The van der Waals surface area contributed by atoms with Gasteiger partial charge in [-0.25, -0.2) is 4.79 Å². The number of aliphatic hydroxyl groups excluding tert-OH is 1. The number of hydrogen-bond acceptors (Lipinski definition) is 8. The first kappa shape index (κ1) is 28.0. The molecule has 1 aliphatic rings. The largest absolute Gasteiger partial charge is 0.480 e. The fourth-order valence-electron chi connectivity index (χ4n) is 2.91. The van der Waals surface area contributed by atoms with Crippen molar-refractivity contribution >= 4 is 39.4 Å². The van der Waals surface area contributed by atoms with Gasteiger partial charge in [-0.2, -0.15) is 0 Å². The van der Waals surface area contributed by atoms with Gasteiger partial charge in [-0.3, -0.25) is 9.59 Å². The second-order valence-electron chi connectivity index (χ2n) is 9.18. The van der Waals surface area contributed by atoms with Gasteiger partial charge in [0.25, 0.3) is 5.91 Å². The number of hydrogen-bond donors (Lipinski definition) is 5. The third kappa shape index (κ3) is 10.9. The lowest BCUT2D eigenvalue weighted by Gasteiger charge is -2.34. The molecule has 31 heavy (non-hydrogen) atoms. The SMILES string of the molecule is CC(C)C[C@H](NC(=O)[C@H]1O[C@@H](CNC(=O)[C@@H](N)CSSC(C)(C)C)CC[C@@H]1O)C(=O)O. The molecule has 0 bridgehead atoms. The monoisotopic (exact) mass is 479 g/mol. The summed E-state index contributed by atoms with van der Waals surface area (Å²) in [6.45, 7) is 10.1. The molecule has 11 heteroatoms. The highest BCUT2D eigenvalue weighted by Crippen LogP contribution is 2.35. The maximum atomic E-state index is 12.5. The molecule has 1 saturated heterocycles. The van der Waals surface area contributed by atoms with E-state index < -0.39 is 42.3 Å². The molecular formula is C20H37N3O6S2. The highest BCUT2D eigenvalue weighted by molar-refractivity contribution is 8.77. The lowest BCUT2D eigenvalue weighted by Crippen LogP contribution is -2.55. The molecule has 2 amide bonds. The predicted octanol–water partition coefficient (Wildman–Crippen LogP) is 1.13. The smallest absolute Gasteiger partial charge is 0.326 e. The molecule has 1 rings (SSSR count). The van der Waals surface area contributed by atoms with Crippen LogP contribution < -0.4 is 16.4 Å². The summed E-state index contributed by atoms with van der Waals surface area (Å²) in [6.07, 6.45) is -1.65. The maximum absolute atomic E-state index is 12.5. The summed E-state index contributed by atoms with van der Waals surface area (Å²) in [5, 5.41) is 24.7. The summed E-state index contributed by atoms with van der Waals surface area (Å²) in [5.74, 6) is -1.56. The Morgan fingerprint density at radius 2 is 1.87 bits per heavy atom. The van der Waals surface area contributed by atoms with E-state index in [1.54, 1.807) is 21.6 Å². The van der Waals surface area contributed by atoms with Crippen LogP contribution in [0.15, 0.2) is 0 Å². The second kappa shape index (κ2) is 12.9. The quantitative estimate of drug-likeness (QED) is 0.275. The number of aliphatic hydroxyl groups is 1. The molecule has 0 spiro atoms. The first-order chi connectivity index (χ1) is 14.3. The van der Waals surface area contributed by atoms with Crippen molar-refractivity contribution in [3.05, 3.63) is 0 Å². The molecule has 0 radical (unpaired) electrons. The fourth-order valence-corrected chi connectivity index (χ4v) is 5.34. The van der Waals surface area contributed by atoms with Crippen LogP contribution in [0.25, 0.3) is 0 Å². The number of amides is 2. The molecule has 0 aromatic heterocycles. The van der Waals surface area contributed by atoms with Gasteiger partial charge >= 0.3 is 5.97 Å². The van der Waals surface area contributed by atoms with E-state index in [9.17, 15) is 24.6 Å².